The minimum Gasteiger partial charge on any atom is -0.396 e. The van der Waals surface area contributed by atoms with E-state index in [4.69, 9.17) is 5.11 Å². The van der Waals surface area contributed by atoms with Gasteiger partial charge in [0.25, 0.3) is 0 Å². The highest BCUT2D eigenvalue weighted by Crippen LogP contribution is 2.25. The van der Waals surface area contributed by atoms with Gasteiger partial charge in [0, 0.05) is 13.1 Å². The van der Waals surface area contributed by atoms with Crippen LogP contribution in [0.4, 0.5) is 14.5 Å². The van der Waals surface area contributed by atoms with E-state index in [1.165, 1.54) is 7.05 Å². The third-order valence-electron chi connectivity index (χ3n) is 2.05. The molecule has 16 heavy (non-hydrogen) atoms. The van der Waals surface area contributed by atoms with Crippen molar-refractivity contribution >= 4 is 27.5 Å². The van der Waals surface area contributed by atoms with Gasteiger partial charge in [-0.3, -0.25) is 4.79 Å². The second-order valence-corrected chi connectivity index (χ2v) is 4.00. The lowest BCUT2D eigenvalue weighted by atomic mass is 10.2. The van der Waals surface area contributed by atoms with Gasteiger partial charge in [0.05, 0.1) is 23.2 Å². The second kappa shape index (κ2) is 5.36. The molecule has 0 saturated heterocycles. The maximum Gasteiger partial charge on any atom is 0.229 e. The van der Waals surface area contributed by atoms with Gasteiger partial charge in [-0.25, -0.2) is 8.78 Å². The number of anilines is 1. The van der Waals surface area contributed by atoms with Crippen LogP contribution in [0.1, 0.15) is 6.42 Å². The van der Waals surface area contributed by atoms with Crippen LogP contribution in [-0.4, -0.2) is 24.7 Å². The topological polar surface area (TPSA) is 40.5 Å². The summed E-state index contributed by atoms with van der Waals surface area (Å²) >= 11 is 2.84. The smallest absolute Gasteiger partial charge is 0.229 e. The first-order valence-corrected chi connectivity index (χ1v) is 5.28. The van der Waals surface area contributed by atoms with E-state index in [1.54, 1.807) is 0 Å². The van der Waals surface area contributed by atoms with Crippen LogP contribution < -0.4 is 4.90 Å². The quantitative estimate of drug-likeness (QED) is 0.867. The van der Waals surface area contributed by atoms with E-state index < -0.39 is 17.5 Å². The molecule has 3 nitrogen and oxygen atoms in total. The van der Waals surface area contributed by atoms with Crippen molar-refractivity contribution in [3.8, 4) is 0 Å². The van der Waals surface area contributed by atoms with Crippen LogP contribution in [0.3, 0.4) is 0 Å². The molecule has 0 fully saturated rings. The van der Waals surface area contributed by atoms with Gasteiger partial charge >= 0.3 is 0 Å². The lowest BCUT2D eigenvalue weighted by molar-refractivity contribution is -0.118. The molecule has 0 aliphatic carbocycles. The van der Waals surface area contributed by atoms with Crippen LogP contribution >= 0.6 is 15.9 Å². The van der Waals surface area contributed by atoms with Crippen molar-refractivity contribution in [3.05, 3.63) is 28.2 Å². The number of nitrogens with zero attached hydrogens (tertiary/aromatic N) is 1. The first-order valence-electron chi connectivity index (χ1n) is 4.49. The lowest BCUT2D eigenvalue weighted by Gasteiger charge is -2.17. The Morgan fingerprint density at radius 3 is 2.62 bits per heavy atom. The van der Waals surface area contributed by atoms with Crippen molar-refractivity contribution in [1.29, 1.82) is 0 Å². The van der Waals surface area contributed by atoms with Crippen molar-refractivity contribution in [2.75, 3.05) is 18.6 Å². The van der Waals surface area contributed by atoms with E-state index in [1.807, 2.05) is 0 Å². The molecule has 0 bridgehead atoms. The van der Waals surface area contributed by atoms with Crippen molar-refractivity contribution in [2.24, 2.45) is 0 Å². The Morgan fingerprint density at radius 1 is 1.44 bits per heavy atom. The number of aliphatic hydroxyl groups excluding tert-OH is 1. The summed E-state index contributed by atoms with van der Waals surface area (Å²) in [6, 6.07) is 1.88. The molecular weight excluding hydrogens is 284 g/mol. The standard InChI is InChI=1S/C10H10BrF2NO2/c1-14(10(16)2-3-15)9-5-7(12)6(11)4-8(9)13/h4-5,15H,2-3H2,1H3. The Kier molecular flexibility index (Phi) is 4.37. The van der Waals surface area contributed by atoms with E-state index in [2.05, 4.69) is 15.9 Å². The van der Waals surface area contributed by atoms with Crippen LogP contribution in [0.2, 0.25) is 0 Å². The second-order valence-electron chi connectivity index (χ2n) is 3.14. The van der Waals surface area contributed by atoms with Crippen molar-refractivity contribution in [3.63, 3.8) is 0 Å². The Bertz CT molecular complexity index is 412. The molecule has 0 aliphatic rings. The minimum atomic E-state index is -0.706. The summed E-state index contributed by atoms with van der Waals surface area (Å²) in [4.78, 5) is 12.3. The monoisotopic (exact) mass is 293 g/mol. The maximum atomic E-state index is 13.4. The largest absolute Gasteiger partial charge is 0.396 e. The highest BCUT2D eigenvalue weighted by Gasteiger charge is 2.16. The summed E-state index contributed by atoms with van der Waals surface area (Å²) in [7, 11) is 1.32. The van der Waals surface area contributed by atoms with Crippen LogP contribution in [0.15, 0.2) is 16.6 Å². The zero-order valence-corrected chi connectivity index (χ0v) is 10.1. The van der Waals surface area contributed by atoms with Crippen molar-refractivity contribution in [1.82, 2.24) is 0 Å². The number of aliphatic hydroxyl groups is 1. The number of halogens is 3. The third kappa shape index (κ3) is 2.76. The fraction of sp³-hybridized carbons (Fsp3) is 0.300. The normalized spacial score (nSPS) is 10.3. The predicted octanol–water partition coefficient (Wildman–Crippen LogP) is 2.07. The molecule has 0 heterocycles. The summed E-state index contributed by atoms with van der Waals surface area (Å²) in [6.07, 6.45) is -0.131. The first kappa shape index (κ1) is 13.1. The Morgan fingerprint density at radius 2 is 2.06 bits per heavy atom. The average Bonchev–Trinajstić information content (AvgIpc) is 2.23. The van der Waals surface area contributed by atoms with Crippen LogP contribution in [-0.2, 0) is 4.79 Å². The molecule has 0 unspecified atom stereocenters. The fourth-order valence-corrected chi connectivity index (χ4v) is 1.48. The SMILES string of the molecule is CN(C(=O)CCO)c1cc(F)c(Br)cc1F. The molecular formula is C10H10BrF2NO2. The molecule has 0 saturated carbocycles. The predicted molar refractivity (Wildman–Crippen MR) is 59.2 cm³/mol. The number of rotatable bonds is 3. The molecule has 6 heteroatoms. The van der Waals surface area contributed by atoms with E-state index in [-0.39, 0.29) is 23.2 Å². The van der Waals surface area contributed by atoms with E-state index in [0.29, 0.717) is 0 Å². The Balaban J connectivity index is 3.04. The zero-order chi connectivity index (χ0) is 12.3. The van der Waals surface area contributed by atoms with Crippen molar-refractivity contribution < 1.29 is 18.7 Å². The summed E-state index contributed by atoms with van der Waals surface area (Å²) in [6.45, 7) is -0.330. The molecule has 0 aliphatic heterocycles. The molecule has 1 N–H and O–H groups in total. The Labute approximate surface area is 99.8 Å². The lowest BCUT2D eigenvalue weighted by Crippen LogP contribution is -2.27. The molecule has 1 aromatic carbocycles. The van der Waals surface area contributed by atoms with Crippen LogP contribution in [0, 0.1) is 11.6 Å². The number of carbonyl (C=O) groups is 1. The van der Waals surface area contributed by atoms with Crippen LogP contribution in [0.5, 0.6) is 0 Å². The Hall–Kier alpha value is -1.01. The third-order valence-corrected chi connectivity index (χ3v) is 2.66. The minimum absolute atomic E-state index is 0.00300. The molecule has 0 atom stereocenters. The van der Waals surface area contributed by atoms with Gasteiger partial charge < -0.3 is 10.0 Å². The molecule has 0 radical (unpaired) electrons. The van der Waals surface area contributed by atoms with Gasteiger partial charge in [0.15, 0.2) is 0 Å². The number of amides is 1. The summed E-state index contributed by atoms with van der Waals surface area (Å²) < 4.78 is 26.6. The summed E-state index contributed by atoms with van der Waals surface area (Å²) in [5, 5.41) is 8.58. The maximum absolute atomic E-state index is 13.4. The van der Waals surface area contributed by atoms with Crippen molar-refractivity contribution in [2.45, 2.75) is 6.42 Å². The highest BCUT2D eigenvalue weighted by molar-refractivity contribution is 9.10. The van der Waals surface area contributed by atoms with Gasteiger partial charge in [-0.1, -0.05) is 0 Å². The first-order chi connectivity index (χ1) is 7.47. The summed E-state index contributed by atoms with van der Waals surface area (Å²) in [5.74, 6) is -1.84. The number of carbonyl (C=O) groups excluding carboxylic acids is 1. The van der Waals surface area contributed by atoms with Crippen LogP contribution in [0.25, 0.3) is 0 Å². The average molecular weight is 294 g/mol. The zero-order valence-electron chi connectivity index (χ0n) is 8.51. The van der Waals surface area contributed by atoms with E-state index >= 15 is 0 Å². The molecule has 1 aromatic rings. The number of hydrogen-bond acceptors (Lipinski definition) is 2. The van der Waals surface area contributed by atoms with E-state index in [0.717, 1.165) is 17.0 Å². The van der Waals surface area contributed by atoms with Gasteiger partial charge in [0.1, 0.15) is 11.6 Å². The molecule has 1 amide bonds. The molecule has 0 spiro atoms. The van der Waals surface area contributed by atoms with Gasteiger partial charge in [-0.2, -0.15) is 0 Å². The van der Waals surface area contributed by atoms with E-state index in [9.17, 15) is 13.6 Å². The molecule has 1 rings (SSSR count). The molecule has 0 aromatic heterocycles. The number of hydrogen-bond donors (Lipinski definition) is 1. The highest BCUT2D eigenvalue weighted by atomic mass is 79.9. The summed E-state index contributed by atoms with van der Waals surface area (Å²) in [5.41, 5.74) is -0.154. The van der Waals surface area contributed by atoms with Gasteiger partial charge in [-0.15, -0.1) is 0 Å². The molecule has 88 valence electrons. The number of benzene rings is 1. The van der Waals surface area contributed by atoms with Gasteiger partial charge in [0.2, 0.25) is 5.91 Å². The fourth-order valence-electron chi connectivity index (χ4n) is 1.17. The van der Waals surface area contributed by atoms with Gasteiger partial charge in [-0.05, 0) is 22.0 Å².